The van der Waals surface area contributed by atoms with Crippen LogP contribution < -0.4 is 11.5 Å². The van der Waals surface area contributed by atoms with Crippen LogP contribution in [0.1, 0.15) is 26.7 Å². The van der Waals surface area contributed by atoms with Crippen LogP contribution in [0.2, 0.25) is 0 Å². The molecule has 0 amide bonds. The van der Waals surface area contributed by atoms with Gasteiger partial charge in [-0.1, -0.05) is 13.8 Å². The maximum absolute atomic E-state index is 7.20. The van der Waals surface area contributed by atoms with E-state index in [1.54, 1.807) is 0 Å². The zero-order chi connectivity index (χ0) is 11.1. The van der Waals surface area contributed by atoms with Crippen molar-refractivity contribution in [1.29, 1.82) is 10.8 Å². The molecule has 0 aliphatic carbocycles. The average Bonchev–Trinajstić information content (AvgIpc) is 2.11. The molecule has 0 aromatic rings. The first-order valence-electron chi connectivity index (χ1n) is 4.60. The van der Waals surface area contributed by atoms with E-state index in [2.05, 4.69) is 10.2 Å². The van der Waals surface area contributed by atoms with Crippen molar-refractivity contribution in [2.75, 3.05) is 0 Å². The summed E-state index contributed by atoms with van der Waals surface area (Å²) in [6, 6.07) is -0.771. The van der Waals surface area contributed by atoms with Crippen LogP contribution in [0, 0.1) is 10.8 Å². The van der Waals surface area contributed by atoms with E-state index in [-0.39, 0.29) is 23.8 Å². The first-order chi connectivity index (χ1) is 6.52. The highest BCUT2D eigenvalue weighted by atomic mass is 15.2. The van der Waals surface area contributed by atoms with E-state index in [1.165, 1.54) is 0 Å². The van der Waals surface area contributed by atoms with Gasteiger partial charge in [0.15, 0.2) is 0 Å². The van der Waals surface area contributed by atoms with Gasteiger partial charge in [-0.15, -0.1) is 0 Å². The Balaban J connectivity index is 4.37. The molecule has 0 radical (unpaired) electrons. The second-order valence-corrected chi connectivity index (χ2v) is 2.99. The first kappa shape index (κ1) is 12.5. The highest BCUT2D eigenvalue weighted by Gasteiger charge is 2.11. The Hall–Kier alpha value is -1.46. The van der Waals surface area contributed by atoms with Gasteiger partial charge >= 0.3 is 0 Å². The molecular formula is C8H18N6. The normalized spacial score (nSPS) is 15.3. The molecule has 6 heteroatoms. The van der Waals surface area contributed by atoms with Crippen molar-refractivity contribution >= 4 is 11.7 Å². The number of nitrogens with two attached hydrogens (primary N) is 2. The van der Waals surface area contributed by atoms with Gasteiger partial charge in [0, 0.05) is 0 Å². The fraction of sp³-hybridized carbons (Fsp3) is 0.750. The van der Waals surface area contributed by atoms with Crippen LogP contribution in [0.5, 0.6) is 0 Å². The van der Waals surface area contributed by atoms with Gasteiger partial charge < -0.3 is 11.5 Å². The van der Waals surface area contributed by atoms with Crippen LogP contribution in [-0.4, -0.2) is 23.8 Å². The summed E-state index contributed by atoms with van der Waals surface area (Å²) in [5.41, 5.74) is 10.6. The summed E-state index contributed by atoms with van der Waals surface area (Å²) in [7, 11) is 0. The van der Waals surface area contributed by atoms with E-state index in [9.17, 15) is 0 Å². The number of azo groups is 1. The third kappa shape index (κ3) is 3.97. The molecule has 2 atom stereocenters. The maximum atomic E-state index is 7.20. The minimum atomic E-state index is -0.386. The molecule has 14 heavy (non-hydrogen) atoms. The summed E-state index contributed by atoms with van der Waals surface area (Å²) in [6.45, 7) is 3.75. The van der Waals surface area contributed by atoms with E-state index in [1.807, 2.05) is 13.8 Å². The molecule has 0 aromatic heterocycles. The molecule has 0 aromatic carbocycles. The Morgan fingerprint density at radius 3 is 1.43 bits per heavy atom. The quantitative estimate of drug-likeness (QED) is 0.287. The fourth-order valence-corrected chi connectivity index (χ4v) is 0.888. The Labute approximate surface area is 83.8 Å². The maximum Gasteiger partial charge on any atom is 0.127 e. The van der Waals surface area contributed by atoms with Crippen molar-refractivity contribution in [3.05, 3.63) is 0 Å². The van der Waals surface area contributed by atoms with Crippen molar-refractivity contribution in [2.24, 2.45) is 21.7 Å². The molecular weight excluding hydrogens is 180 g/mol. The molecule has 0 rings (SSSR count). The van der Waals surface area contributed by atoms with Crippen molar-refractivity contribution < 1.29 is 0 Å². The molecule has 0 fully saturated rings. The standard InChI is InChI=1S/C8H18N6/c1-3-5(7(9)10)13-14-6(4-2)8(11)12/h5-6H,3-4H2,1-2H3,(H3,9,10)(H3,11,12)/b14-13+. The van der Waals surface area contributed by atoms with Crippen LogP contribution in [0.25, 0.3) is 0 Å². The molecule has 6 N–H and O–H groups in total. The van der Waals surface area contributed by atoms with Crippen LogP contribution >= 0.6 is 0 Å². The van der Waals surface area contributed by atoms with Crippen molar-refractivity contribution in [3.8, 4) is 0 Å². The highest BCUT2D eigenvalue weighted by molar-refractivity contribution is 5.83. The monoisotopic (exact) mass is 198 g/mol. The van der Waals surface area contributed by atoms with Crippen molar-refractivity contribution in [1.82, 2.24) is 0 Å². The lowest BCUT2D eigenvalue weighted by atomic mass is 10.2. The van der Waals surface area contributed by atoms with Gasteiger partial charge in [-0.25, -0.2) is 0 Å². The molecule has 0 saturated heterocycles. The summed E-state index contributed by atoms with van der Waals surface area (Å²) in [4.78, 5) is 0. The average molecular weight is 198 g/mol. The number of nitrogens with one attached hydrogen (secondary N) is 2. The molecule has 0 heterocycles. The lowest BCUT2D eigenvalue weighted by molar-refractivity contribution is 0.680. The lowest BCUT2D eigenvalue weighted by Crippen LogP contribution is -2.28. The van der Waals surface area contributed by atoms with E-state index in [4.69, 9.17) is 22.3 Å². The molecule has 0 spiro atoms. The molecule has 0 saturated carbocycles. The number of hydrogen-bond acceptors (Lipinski definition) is 4. The topological polar surface area (TPSA) is 124 Å². The second-order valence-electron chi connectivity index (χ2n) is 2.99. The zero-order valence-corrected chi connectivity index (χ0v) is 8.62. The number of rotatable bonds is 6. The zero-order valence-electron chi connectivity index (χ0n) is 8.62. The fourth-order valence-electron chi connectivity index (χ4n) is 0.888. The lowest BCUT2D eigenvalue weighted by Gasteiger charge is -2.09. The predicted octanol–water partition coefficient (Wildman–Crippen LogP) is 0.868. The predicted molar refractivity (Wildman–Crippen MR) is 56.8 cm³/mol. The van der Waals surface area contributed by atoms with Gasteiger partial charge in [0.05, 0.1) is 0 Å². The Bertz CT molecular complexity index is 210. The van der Waals surface area contributed by atoms with Gasteiger partial charge in [-0.2, -0.15) is 10.2 Å². The third-order valence-electron chi connectivity index (χ3n) is 1.84. The van der Waals surface area contributed by atoms with E-state index in [0.717, 1.165) is 0 Å². The second kappa shape index (κ2) is 6.06. The van der Waals surface area contributed by atoms with Gasteiger partial charge in [0.1, 0.15) is 23.8 Å². The van der Waals surface area contributed by atoms with E-state index >= 15 is 0 Å². The Morgan fingerprint density at radius 1 is 1.00 bits per heavy atom. The summed E-state index contributed by atoms with van der Waals surface area (Å²) in [6.07, 6.45) is 1.26. The minimum Gasteiger partial charge on any atom is -0.386 e. The van der Waals surface area contributed by atoms with Crippen LogP contribution in [0.3, 0.4) is 0 Å². The largest absolute Gasteiger partial charge is 0.386 e. The van der Waals surface area contributed by atoms with E-state index in [0.29, 0.717) is 12.8 Å². The molecule has 0 aliphatic heterocycles. The molecule has 80 valence electrons. The molecule has 0 aliphatic rings. The number of nitrogens with zero attached hydrogens (tertiary/aromatic N) is 2. The third-order valence-corrected chi connectivity index (χ3v) is 1.84. The SMILES string of the molecule is CCC(/N=N/C(CC)C(=N)N)C(=N)N. The van der Waals surface area contributed by atoms with Crippen LogP contribution in [-0.2, 0) is 0 Å². The molecule has 0 bridgehead atoms. The minimum absolute atomic E-state index is 0.00495. The van der Waals surface area contributed by atoms with Gasteiger partial charge in [-0.05, 0) is 12.8 Å². The molecule has 2 unspecified atom stereocenters. The Kier molecular flexibility index (Phi) is 5.43. The summed E-state index contributed by atoms with van der Waals surface area (Å²) in [5, 5.41) is 22.2. The first-order valence-corrected chi connectivity index (χ1v) is 4.60. The summed E-state index contributed by atoms with van der Waals surface area (Å²) < 4.78 is 0. The molecule has 6 nitrogen and oxygen atoms in total. The number of hydrogen-bond donors (Lipinski definition) is 4. The van der Waals surface area contributed by atoms with Gasteiger partial charge in [0.25, 0.3) is 0 Å². The van der Waals surface area contributed by atoms with E-state index < -0.39 is 0 Å². The number of amidine groups is 2. The van der Waals surface area contributed by atoms with Crippen molar-refractivity contribution in [3.63, 3.8) is 0 Å². The smallest absolute Gasteiger partial charge is 0.127 e. The summed E-state index contributed by atoms with van der Waals surface area (Å²) >= 11 is 0. The van der Waals surface area contributed by atoms with Crippen LogP contribution in [0.15, 0.2) is 10.2 Å². The highest BCUT2D eigenvalue weighted by Crippen LogP contribution is 2.02. The van der Waals surface area contributed by atoms with Crippen LogP contribution in [0.4, 0.5) is 0 Å². The van der Waals surface area contributed by atoms with Gasteiger partial charge in [0.2, 0.25) is 0 Å². The van der Waals surface area contributed by atoms with Crippen molar-refractivity contribution in [2.45, 2.75) is 38.8 Å². The van der Waals surface area contributed by atoms with Gasteiger partial charge in [-0.3, -0.25) is 10.8 Å². The summed E-state index contributed by atoms with van der Waals surface area (Å²) in [5.74, 6) is -0.00990. The Morgan fingerprint density at radius 2 is 1.29 bits per heavy atom.